The SMILES string of the molecule is Cc1nccnc1C1CC1Br. The second-order valence-corrected chi connectivity index (χ2v) is 4.06. The van der Waals surface area contributed by atoms with Gasteiger partial charge >= 0.3 is 0 Å². The van der Waals surface area contributed by atoms with Crippen LogP contribution in [0.5, 0.6) is 0 Å². The van der Waals surface area contributed by atoms with E-state index < -0.39 is 0 Å². The second-order valence-electron chi connectivity index (χ2n) is 2.89. The molecular formula is C8H9BrN2. The molecule has 2 nitrogen and oxygen atoms in total. The first-order valence-corrected chi connectivity index (χ1v) is 4.62. The Kier molecular flexibility index (Phi) is 1.68. The Hall–Kier alpha value is -0.440. The Bertz CT molecular complexity index is 275. The van der Waals surface area contributed by atoms with Crippen molar-refractivity contribution in [3.63, 3.8) is 0 Å². The third kappa shape index (κ3) is 1.29. The molecule has 0 bridgehead atoms. The lowest BCUT2D eigenvalue weighted by molar-refractivity contribution is 0.950. The van der Waals surface area contributed by atoms with Crippen LogP contribution in [0.2, 0.25) is 0 Å². The van der Waals surface area contributed by atoms with E-state index in [0.29, 0.717) is 10.7 Å². The van der Waals surface area contributed by atoms with Crippen LogP contribution >= 0.6 is 15.9 Å². The molecule has 2 atom stereocenters. The first-order valence-electron chi connectivity index (χ1n) is 3.70. The summed E-state index contributed by atoms with van der Waals surface area (Å²) >= 11 is 3.55. The van der Waals surface area contributed by atoms with Gasteiger partial charge in [0.2, 0.25) is 0 Å². The predicted octanol–water partition coefficient (Wildman–Crippen LogP) is 2.04. The van der Waals surface area contributed by atoms with Crippen molar-refractivity contribution in [2.75, 3.05) is 0 Å². The fourth-order valence-electron chi connectivity index (χ4n) is 1.23. The van der Waals surface area contributed by atoms with Gasteiger partial charge in [0.05, 0.1) is 11.4 Å². The summed E-state index contributed by atoms with van der Waals surface area (Å²) in [5.74, 6) is 0.615. The molecule has 0 spiro atoms. The van der Waals surface area contributed by atoms with Gasteiger partial charge in [0.25, 0.3) is 0 Å². The zero-order chi connectivity index (χ0) is 7.84. The first-order chi connectivity index (χ1) is 5.29. The highest BCUT2D eigenvalue weighted by molar-refractivity contribution is 9.09. The molecule has 1 aromatic rings. The zero-order valence-electron chi connectivity index (χ0n) is 6.29. The van der Waals surface area contributed by atoms with Crippen molar-refractivity contribution >= 4 is 15.9 Å². The van der Waals surface area contributed by atoms with Gasteiger partial charge in [-0.15, -0.1) is 0 Å². The maximum Gasteiger partial charge on any atom is 0.0658 e. The Balaban J connectivity index is 2.31. The summed E-state index contributed by atoms with van der Waals surface area (Å²) in [4.78, 5) is 9.13. The minimum absolute atomic E-state index is 0.615. The van der Waals surface area contributed by atoms with Crippen LogP contribution in [-0.4, -0.2) is 14.8 Å². The highest BCUT2D eigenvalue weighted by Gasteiger charge is 2.38. The summed E-state index contributed by atoms with van der Waals surface area (Å²) in [6.45, 7) is 2.01. The summed E-state index contributed by atoms with van der Waals surface area (Å²) in [7, 11) is 0. The average Bonchev–Trinajstić information content (AvgIpc) is 2.68. The lowest BCUT2D eigenvalue weighted by Gasteiger charge is -1.99. The first kappa shape index (κ1) is 7.22. The highest BCUT2D eigenvalue weighted by atomic mass is 79.9. The topological polar surface area (TPSA) is 25.8 Å². The van der Waals surface area contributed by atoms with E-state index in [1.807, 2.05) is 6.92 Å². The number of nitrogens with zero attached hydrogens (tertiary/aromatic N) is 2. The smallest absolute Gasteiger partial charge is 0.0658 e. The third-order valence-corrected chi connectivity index (χ3v) is 2.99. The zero-order valence-corrected chi connectivity index (χ0v) is 7.87. The highest BCUT2D eigenvalue weighted by Crippen LogP contribution is 2.46. The van der Waals surface area contributed by atoms with Crippen molar-refractivity contribution < 1.29 is 0 Å². The number of rotatable bonds is 1. The summed E-state index contributed by atoms with van der Waals surface area (Å²) in [6, 6.07) is 0. The van der Waals surface area contributed by atoms with Gasteiger partial charge < -0.3 is 0 Å². The molecule has 1 aromatic heterocycles. The van der Waals surface area contributed by atoms with Gasteiger partial charge in [-0.1, -0.05) is 15.9 Å². The van der Waals surface area contributed by atoms with Gasteiger partial charge in [-0.2, -0.15) is 0 Å². The molecule has 0 saturated heterocycles. The number of hydrogen-bond donors (Lipinski definition) is 0. The third-order valence-electron chi connectivity index (χ3n) is 1.98. The summed E-state index contributed by atoms with van der Waals surface area (Å²) in [5, 5.41) is 0. The van der Waals surface area contributed by atoms with Gasteiger partial charge in [0.1, 0.15) is 0 Å². The van der Waals surface area contributed by atoms with Crippen LogP contribution in [-0.2, 0) is 0 Å². The number of hydrogen-bond acceptors (Lipinski definition) is 2. The molecule has 1 fully saturated rings. The standard InChI is InChI=1S/C8H9BrN2/c1-5-8(6-4-7(6)9)11-3-2-10-5/h2-3,6-7H,4H2,1H3. The average molecular weight is 213 g/mol. The van der Waals surface area contributed by atoms with E-state index in [2.05, 4.69) is 25.9 Å². The van der Waals surface area contributed by atoms with Gasteiger partial charge in [-0.3, -0.25) is 9.97 Å². The summed E-state index contributed by atoms with van der Waals surface area (Å²) in [6.07, 6.45) is 4.71. The molecule has 1 aliphatic carbocycles. The molecular weight excluding hydrogens is 204 g/mol. The van der Waals surface area contributed by atoms with Crippen molar-refractivity contribution in [2.24, 2.45) is 0 Å². The van der Waals surface area contributed by atoms with E-state index in [1.54, 1.807) is 12.4 Å². The van der Waals surface area contributed by atoms with Gasteiger partial charge in [-0.25, -0.2) is 0 Å². The van der Waals surface area contributed by atoms with Crippen LogP contribution in [0.1, 0.15) is 23.7 Å². The van der Waals surface area contributed by atoms with Gasteiger partial charge in [0.15, 0.2) is 0 Å². The van der Waals surface area contributed by atoms with E-state index in [0.717, 1.165) is 11.4 Å². The summed E-state index contributed by atoms with van der Waals surface area (Å²) < 4.78 is 0. The lowest BCUT2D eigenvalue weighted by atomic mass is 10.2. The van der Waals surface area contributed by atoms with Crippen LogP contribution < -0.4 is 0 Å². The van der Waals surface area contributed by atoms with Crippen molar-refractivity contribution in [2.45, 2.75) is 24.1 Å². The minimum Gasteiger partial charge on any atom is -0.258 e. The number of halogens is 1. The normalized spacial score (nSPS) is 28.5. The van der Waals surface area contributed by atoms with Crippen LogP contribution in [0.3, 0.4) is 0 Å². The van der Waals surface area contributed by atoms with E-state index in [4.69, 9.17) is 0 Å². The van der Waals surface area contributed by atoms with E-state index in [9.17, 15) is 0 Å². The van der Waals surface area contributed by atoms with E-state index in [1.165, 1.54) is 6.42 Å². The minimum atomic E-state index is 0.615. The Morgan fingerprint density at radius 2 is 2.09 bits per heavy atom. The van der Waals surface area contributed by atoms with Crippen molar-refractivity contribution in [3.8, 4) is 0 Å². The molecule has 1 aliphatic rings. The largest absolute Gasteiger partial charge is 0.258 e. The van der Waals surface area contributed by atoms with Crippen LogP contribution in [0.4, 0.5) is 0 Å². The molecule has 11 heavy (non-hydrogen) atoms. The second kappa shape index (κ2) is 2.55. The molecule has 0 aromatic carbocycles. The molecule has 1 saturated carbocycles. The fraction of sp³-hybridized carbons (Fsp3) is 0.500. The molecule has 2 rings (SSSR count). The molecule has 58 valence electrons. The predicted molar refractivity (Wildman–Crippen MR) is 46.8 cm³/mol. The molecule has 2 unspecified atom stereocenters. The van der Waals surface area contributed by atoms with E-state index in [-0.39, 0.29) is 0 Å². The Morgan fingerprint density at radius 1 is 1.45 bits per heavy atom. The maximum atomic E-state index is 4.30. The Morgan fingerprint density at radius 3 is 2.64 bits per heavy atom. The fourth-order valence-corrected chi connectivity index (χ4v) is 1.88. The van der Waals surface area contributed by atoms with Gasteiger partial charge in [0, 0.05) is 23.1 Å². The van der Waals surface area contributed by atoms with Crippen molar-refractivity contribution in [3.05, 3.63) is 23.8 Å². The van der Waals surface area contributed by atoms with Gasteiger partial charge in [-0.05, 0) is 13.3 Å². The summed E-state index contributed by atoms with van der Waals surface area (Å²) in [5.41, 5.74) is 2.23. The number of alkyl halides is 1. The molecule has 0 radical (unpaired) electrons. The van der Waals surface area contributed by atoms with Crippen molar-refractivity contribution in [1.82, 2.24) is 9.97 Å². The Labute approximate surface area is 74.2 Å². The monoisotopic (exact) mass is 212 g/mol. The van der Waals surface area contributed by atoms with Crippen molar-refractivity contribution in [1.29, 1.82) is 0 Å². The number of aromatic nitrogens is 2. The molecule has 1 heterocycles. The molecule has 0 N–H and O–H groups in total. The van der Waals surface area contributed by atoms with Crippen LogP contribution in [0.25, 0.3) is 0 Å². The molecule has 0 amide bonds. The lowest BCUT2D eigenvalue weighted by Crippen LogP contribution is -1.94. The molecule has 3 heteroatoms. The van der Waals surface area contributed by atoms with E-state index >= 15 is 0 Å². The molecule has 0 aliphatic heterocycles. The van der Waals surface area contributed by atoms with Crippen LogP contribution in [0.15, 0.2) is 12.4 Å². The van der Waals surface area contributed by atoms with Crippen LogP contribution in [0, 0.1) is 6.92 Å². The maximum absolute atomic E-state index is 4.30. The quantitative estimate of drug-likeness (QED) is 0.667. The number of aryl methyl sites for hydroxylation is 1.